The van der Waals surface area contributed by atoms with Gasteiger partial charge in [0.2, 0.25) is 5.91 Å². The van der Waals surface area contributed by atoms with Gasteiger partial charge in [-0.15, -0.1) is 0 Å². The Hall–Kier alpha value is -2.34. The lowest BCUT2D eigenvalue weighted by Crippen LogP contribution is -2.48. The minimum Gasteiger partial charge on any atom is -0.350 e. The fourth-order valence-electron chi connectivity index (χ4n) is 4.99. The van der Waals surface area contributed by atoms with Crippen molar-refractivity contribution in [3.8, 4) is 0 Å². The standard InChI is InChI=1S/C22H27FN4O/c1-3-22(21(28)26-13-18-12-24-15(2)11-25-18)10-19-8-9-20(22)27(19)14-16-4-6-17(23)7-5-16/h4-7,11-12,19-20H,3,8-10,13-14H2,1-2H3,(H,26,28)/t19-,20+,22+/m0/s1. The molecule has 1 aromatic carbocycles. The summed E-state index contributed by atoms with van der Waals surface area (Å²) in [6.45, 7) is 5.19. The van der Waals surface area contributed by atoms with Gasteiger partial charge >= 0.3 is 0 Å². The molecule has 2 saturated heterocycles. The van der Waals surface area contributed by atoms with Crippen molar-refractivity contribution in [2.24, 2.45) is 5.41 Å². The normalized spacial score (nSPS) is 26.5. The molecule has 2 aromatic rings. The molecule has 1 aromatic heterocycles. The van der Waals surface area contributed by atoms with E-state index in [0.29, 0.717) is 12.6 Å². The topological polar surface area (TPSA) is 58.1 Å². The van der Waals surface area contributed by atoms with Crippen molar-refractivity contribution in [2.45, 2.75) is 64.7 Å². The van der Waals surface area contributed by atoms with E-state index in [1.165, 1.54) is 12.1 Å². The molecule has 6 heteroatoms. The second-order valence-electron chi connectivity index (χ2n) is 8.09. The molecular weight excluding hydrogens is 355 g/mol. The third-order valence-electron chi connectivity index (χ3n) is 6.51. The first-order valence-corrected chi connectivity index (χ1v) is 10.1. The Morgan fingerprint density at radius 1 is 1.25 bits per heavy atom. The lowest BCUT2D eigenvalue weighted by atomic mass is 9.71. The first-order chi connectivity index (χ1) is 13.5. The molecule has 0 unspecified atom stereocenters. The fraction of sp³-hybridized carbons (Fsp3) is 0.500. The summed E-state index contributed by atoms with van der Waals surface area (Å²) in [5.41, 5.74) is 2.38. The zero-order chi connectivity index (χ0) is 19.7. The second kappa shape index (κ2) is 7.59. The smallest absolute Gasteiger partial charge is 0.228 e. The highest BCUT2D eigenvalue weighted by atomic mass is 19.1. The summed E-state index contributed by atoms with van der Waals surface area (Å²) in [4.78, 5) is 24.3. The number of carbonyl (C=O) groups excluding carboxylic acids is 1. The Kier molecular flexibility index (Phi) is 5.15. The Labute approximate surface area is 165 Å². The van der Waals surface area contributed by atoms with Crippen LogP contribution in [0.1, 0.15) is 49.6 Å². The number of nitrogens with zero attached hydrogens (tertiary/aromatic N) is 3. The first-order valence-electron chi connectivity index (χ1n) is 10.1. The highest BCUT2D eigenvalue weighted by molar-refractivity contribution is 5.84. The number of carbonyl (C=O) groups is 1. The first kappa shape index (κ1) is 19.0. The number of fused-ring (bicyclic) bond motifs is 2. The number of nitrogens with one attached hydrogen (secondary N) is 1. The molecule has 1 amide bonds. The molecule has 2 bridgehead atoms. The molecule has 3 heterocycles. The molecule has 0 radical (unpaired) electrons. The number of aryl methyl sites for hydroxylation is 1. The maximum absolute atomic E-state index is 13.2. The summed E-state index contributed by atoms with van der Waals surface area (Å²) in [7, 11) is 0. The lowest BCUT2D eigenvalue weighted by molar-refractivity contribution is -0.133. The molecule has 0 saturated carbocycles. The summed E-state index contributed by atoms with van der Waals surface area (Å²) in [5, 5.41) is 3.11. The summed E-state index contributed by atoms with van der Waals surface area (Å²) in [5.74, 6) is -0.0942. The summed E-state index contributed by atoms with van der Waals surface area (Å²) >= 11 is 0. The predicted octanol–water partition coefficient (Wildman–Crippen LogP) is 3.37. The maximum Gasteiger partial charge on any atom is 0.228 e. The van der Waals surface area contributed by atoms with Crippen molar-refractivity contribution >= 4 is 5.91 Å². The maximum atomic E-state index is 13.2. The summed E-state index contributed by atoms with van der Waals surface area (Å²) < 4.78 is 13.2. The number of aromatic nitrogens is 2. The number of rotatable bonds is 6. The van der Waals surface area contributed by atoms with E-state index >= 15 is 0 Å². The van der Waals surface area contributed by atoms with Gasteiger partial charge < -0.3 is 5.32 Å². The minimum atomic E-state index is -0.360. The van der Waals surface area contributed by atoms with Gasteiger partial charge in [-0.05, 0) is 50.3 Å². The molecular formula is C22H27FN4O. The lowest BCUT2D eigenvalue weighted by Gasteiger charge is -2.35. The monoisotopic (exact) mass is 382 g/mol. The molecule has 3 atom stereocenters. The van der Waals surface area contributed by atoms with Gasteiger partial charge in [0.15, 0.2) is 0 Å². The second-order valence-corrected chi connectivity index (χ2v) is 8.09. The summed E-state index contributed by atoms with van der Waals surface area (Å²) in [6, 6.07) is 7.36. The van der Waals surface area contributed by atoms with Gasteiger partial charge in [-0.2, -0.15) is 0 Å². The fourth-order valence-corrected chi connectivity index (χ4v) is 4.99. The number of hydrogen-bond donors (Lipinski definition) is 1. The minimum absolute atomic E-state index is 0.119. The van der Waals surface area contributed by atoms with Gasteiger partial charge in [-0.3, -0.25) is 19.7 Å². The van der Waals surface area contributed by atoms with Crippen LogP contribution in [-0.4, -0.2) is 32.9 Å². The molecule has 28 heavy (non-hydrogen) atoms. The number of halogens is 1. The quantitative estimate of drug-likeness (QED) is 0.832. The molecule has 0 spiro atoms. The Morgan fingerprint density at radius 3 is 2.71 bits per heavy atom. The van der Waals surface area contributed by atoms with E-state index in [1.807, 2.05) is 19.1 Å². The van der Waals surface area contributed by atoms with Crippen molar-refractivity contribution in [3.05, 3.63) is 59.4 Å². The molecule has 4 rings (SSSR count). The van der Waals surface area contributed by atoms with Crippen LogP contribution in [0.4, 0.5) is 4.39 Å². The van der Waals surface area contributed by atoms with Gasteiger partial charge in [0.25, 0.3) is 0 Å². The van der Waals surface area contributed by atoms with Gasteiger partial charge in [-0.25, -0.2) is 4.39 Å². The predicted molar refractivity (Wildman–Crippen MR) is 105 cm³/mol. The third kappa shape index (κ3) is 3.41. The van der Waals surface area contributed by atoms with Crippen LogP contribution in [0.25, 0.3) is 0 Å². The molecule has 148 valence electrons. The molecule has 2 fully saturated rings. The van der Waals surface area contributed by atoms with Crippen LogP contribution in [-0.2, 0) is 17.9 Å². The SMILES string of the molecule is CC[C@@]1(C(=O)NCc2cnc(C)cn2)C[C@@H]2CC[C@H]1N2Cc1ccc(F)cc1. The van der Waals surface area contributed by atoms with Crippen molar-refractivity contribution in [3.63, 3.8) is 0 Å². The van der Waals surface area contributed by atoms with Crippen molar-refractivity contribution < 1.29 is 9.18 Å². The number of hydrogen-bond acceptors (Lipinski definition) is 4. The van der Waals surface area contributed by atoms with Gasteiger partial charge in [-0.1, -0.05) is 19.1 Å². The van der Waals surface area contributed by atoms with Crippen LogP contribution in [0, 0.1) is 18.2 Å². The molecule has 2 aliphatic rings. The van der Waals surface area contributed by atoms with Gasteiger partial charge in [0.1, 0.15) is 5.82 Å². The van der Waals surface area contributed by atoms with E-state index < -0.39 is 0 Å². The van der Waals surface area contributed by atoms with Crippen LogP contribution in [0.2, 0.25) is 0 Å². The van der Waals surface area contributed by atoms with E-state index in [2.05, 4.69) is 27.1 Å². The van der Waals surface area contributed by atoms with Crippen LogP contribution in [0.15, 0.2) is 36.7 Å². The summed E-state index contributed by atoms with van der Waals surface area (Å²) in [6.07, 6.45) is 7.32. The van der Waals surface area contributed by atoms with Crippen LogP contribution < -0.4 is 5.32 Å². The van der Waals surface area contributed by atoms with Crippen molar-refractivity contribution in [2.75, 3.05) is 0 Å². The zero-order valence-electron chi connectivity index (χ0n) is 16.5. The molecule has 1 N–H and O–H groups in total. The highest BCUT2D eigenvalue weighted by Crippen LogP contribution is 2.52. The van der Waals surface area contributed by atoms with Crippen LogP contribution in [0.3, 0.4) is 0 Å². The van der Waals surface area contributed by atoms with E-state index in [9.17, 15) is 9.18 Å². The van der Waals surface area contributed by atoms with Gasteiger partial charge in [0, 0.05) is 24.8 Å². The number of amides is 1. The molecule has 5 nitrogen and oxygen atoms in total. The van der Waals surface area contributed by atoms with E-state index in [-0.39, 0.29) is 23.2 Å². The van der Waals surface area contributed by atoms with E-state index in [4.69, 9.17) is 0 Å². The average Bonchev–Trinajstić information content (AvgIpc) is 3.24. The Balaban J connectivity index is 1.46. The molecule has 2 aliphatic heterocycles. The Bertz CT molecular complexity index is 839. The van der Waals surface area contributed by atoms with Gasteiger partial charge in [0.05, 0.1) is 29.5 Å². The largest absolute Gasteiger partial charge is 0.350 e. The van der Waals surface area contributed by atoms with Crippen molar-refractivity contribution in [1.29, 1.82) is 0 Å². The Morgan fingerprint density at radius 2 is 2.04 bits per heavy atom. The van der Waals surface area contributed by atoms with Crippen LogP contribution >= 0.6 is 0 Å². The average molecular weight is 382 g/mol. The van der Waals surface area contributed by atoms with E-state index in [0.717, 1.165) is 49.2 Å². The van der Waals surface area contributed by atoms with E-state index in [1.54, 1.807) is 12.4 Å². The number of benzene rings is 1. The molecule has 0 aliphatic carbocycles. The third-order valence-corrected chi connectivity index (χ3v) is 6.51. The highest BCUT2D eigenvalue weighted by Gasteiger charge is 2.58. The van der Waals surface area contributed by atoms with Crippen molar-refractivity contribution in [1.82, 2.24) is 20.2 Å². The zero-order valence-corrected chi connectivity index (χ0v) is 16.5. The van der Waals surface area contributed by atoms with Crippen LogP contribution in [0.5, 0.6) is 0 Å².